The summed E-state index contributed by atoms with van der Waals surface area (Å²) in [6.45, 7) is 4.33. The SMILES string of the molecule is CC(N)CCNC(=O)C(C)Cc1cccc(F)c1.Cl. The van der Waals surface area contributed by atoms with Crippen LogP contribution in [0.5, 0.6) is 0 Å². The van der Waals surface area contributed by atoms with Crippen molar-refractivity contribution < 1.29 is 9.18 Å². The van der Waals surface area contributed by atoms with E-state index in [1.54, 1.807) is 6.07 Å². The van der Waals surface area contributed by atoms with Gasteiger partial charge in [0.05, 0.1) is 0 Å². The quantitative estimate of drug-likeness (QED) is 0.844. The van der Waals surface area contributed by atoms with Gasteiger partial charge in [-0.2, -0.15) is 0 Å². The molecule has 0 fully saturated rings. The Bertz CT molecular complexity index is 399. The van der Waals surface area contributed by atoms with Crippen molar-refractivity contribution in [2.45, 2.75) is 32.7 Å². The maximum absolute atomic E-state index is 13.0. The summed E-state index contributed by atoms with van der Waals surface area (Å²) < 4.78 is 13.0. The van der Waals surface area contributed by atoms with Gasteiger partial charge in [-0.15, -0.1) is 12.4 Å². The minimum atomic E-state index is -0.267. The third kappa shape index (κ3) is 7.13. The van der Waals surface area contributed by atoms with E-state index in [0.717, 1.165) is 12.0 Å². The highest BCUT2D eigenvalue weighted by Crippen LogP contribution is 2.10. The molecular formula is C14H22ClFN2O. The van der Waals surface area contributed by atoms with E-state index in [1.165, 1.54) is 12.1 Å². The summed E-state index contributed by atoms with van der Waals surface area (Å²) in [7, 11) is 0. The Kier molecular flexibility index (Phi) is 8.35. The van der Waals surface area contributed by atoms with Crippen LogP contribution in [0.25, 0.3) is 0 Å². The van der Waals surface area contributed by atoms with Gasteiger partial charge in [-0.25, -0.2) is 4.39 Å². The molecular weight excluding hydrogens is 267 g/mol. The lowest BCUT2D eigenvalue weighted by Crippen LogP contribution is -2.33. The summed E-state index contributed by atoms with van der Waals surface area (Å²) in [5.41, 5.74) is 6.44. The van der Waals surface area contributed by atoms with Gasteiger partial charge in [0.15, 0.2) is 0 Å². The summed E-state index contributed by atoms with van der Waals surface area (Å²) >= 11 is 0. The molecule has 2 atom stereocenters. The first kappa shape index (κ1) is 17.9. The van der Waals surface area contributed by atoms with Gasteiger partial charge in [-0.05, 0) is 37.5 Å². The van der Waals surface area contributed by atoms with Crippen molar-refractivity contribution in [2.75, 3.05) is 6.54 Å². The normalized spacial score (nSPS) is 13.3. The molecule has 0 aliphatic carbocycles. The number of halogens is 2. The average Bonchev–Trinajstić information content (AvgIpc) is 2.28. The zero-order valence-corrected chi connectivity index (χ0v) is 12.2. The molecule has 0 spiro atoms. The lowest BCUT2D eigenvalue weighted by Gasteiger charge is -2.13. The summed E-state index contributed by atoms with van der Waals surface area (Å²) in [5.74, 6) is -0.447. The number of benzene rings is 1. The van der Waals surface area contributed by atoms with E-state index in [4.69, 9.17) is 5.73 Å². The van der Waals surface area contributed by atoms with Gasteiger partial charge in [-0.3, -0.25) is 4.79 Å². The molecule has 0 radical (unpaired) electrons. The topological polar surface area (TPSA) is 55.1 Å². The smallest absolute Gasteiger partial charge is 0.223 e. The summed E-state index contributed by atoms with van der Waals surface area (Å²) in [6, 6.07) is 6.44. The Balaban J connectivity index is 0.00000324. The van der Waals surface area contributed by atoms with Gasteiger partial charge in [-0.1, -0.05) is 19.1 Å². The number of nitrogens with two attached hydrogens (primary N) is 1. The fourth-order valence-electron chi connectivity index (χ4n) is 1.71. The monoisotopic (exact) mass is 288 g/mol. The Hall–Kier alpha value is -1.13. The van der Waals surface area contributed by atoms with Crippen LogP contribution in [0.2, 0.25) is 0 Å². The number of carbonyl (C=O) groups is 1. The molecule has 0 saturated heterocycles. The lowest BCUT2D eigenvalue weighted by molar-refractivity contribution is -0.124. The zero-order chi connectivity index (χ0) is 13.5. The molecule has 2 unspecified atom stereocenters. The third-order valence-electron chi connectivity index (χ3n) is 2.78. The maximum atomic E-state index is 13.0. The molecule has 1 rings (SSSR count). The predicted octanol–water partition coefficient (Wildman–Crippen LogP) is 2.28. The molecule has 1 amide bonds. The Labute approximate surface area is 120 Å². The molecule has 0 saturated carbocycles. The molecule has 3 N–H and O–H groups in total. The Morgan fingerprint density at radius 1 is 1.42 bits per heavy atom. The van der Waals surface area contributed by atoms with E-state index < -0.39 is 0 Å². The number of amides is 1. The molecule has 0 aromatic heterocycles. The van der Waals surface area contributed by atoms with Crippen LogP contribution in [0.1, 0.15) is 25.8 Å². The molecule has 5 heteroatoms. The summed E-state index contributed by atoms with van der Waals surface area (Å²) in [5, 5.41) is 2.84. The molecule has 1 aromatic rings. The van der Waals surface area contributed by atoms with Crippen molar-refractivity contribution in [2.24, 2.45) is 11.7 Å². The first-order valence-electron chi connectivity index (χ1n) is 6.26. The second kappa shape index (κ2) is 8.88. The number of nitrogens with one attached hydrogen (secondary N) is 1. The van der Waals surface area contributed by atoms with Gasteiger partial charge < -0.3 is 11.1 Å². The minimum Gasteiger partial charge on any atom is -0.356 e. The highest BCUT2D eigenvalue weighted by molar-refractivity contribution is 5.85. The van der Waals surface area contributed by atoms with Gasteiger partial charge in [0.1, 0.15) is 5.82 Å². The van der Waals surface area contributed by atoms with E-state index in [-0.39, 0.29) is 36.1 Å². The second-order valence-corrected chi connectivity index (χ2v) is 4.79. The largest absolute Gasteiger partial charge is 0.356 e. The van der Waals surface area contributed by atoms with Crippen LogP contribution in [-0.4, -0.2) is 18.5 Å². The highest BCUT2D eigenvalue weighted by atomic mass is 35.5. The average molecular weight is 289 g/mol. The highest BCUT2D eigenvalue weighted by Gasteiger charge is 2.13. The molecule has 19 heavy (non-hydrogen) atoms. The molecule has 1 aromatic carbocycles. The molecule has 108 valence electrons. The third-order valence-corrected chi connectivity index (χ3v) is 2.78. The van der Waals surface area contributed by atoms with E-state index in [1.807, 2.05) is 19.9 Å². The van der Waals surface area contributed by atoms with Crippen LogP contribution >= 0.6 is 12.4 Å². The summed E-state index contributed by atoms with van der Waals surface area (Å²) in [4.78, 5) is 11.8. The van der Waals surface area contributed by atoms with Crippen molar-refractivity contribution in [3.8, 4) is 0 Å². The standard InChI is InChI=1S/C14H21FN2O.ClH/c1-10(14(18)17-7-6-11(2)16)8-12-4-3-5-13(15)9-12;/h3-5,9-11H,6-8,16H2,1-2H3,(H,17,18);1H. The fourth-order valence-corrected chi connectivity index (χ4v) is 1.71. The number of hydrogen-bond donors (Lipinski definition) is 2. The fraction of sp³-hybridized carbons (Fsp3) is 0.500. The van der Waals surface area contributed by atoms with E-state index in [0.29, 0.717) is 13.0 Å². The van der Waals surface area contributed by atoms with Crippen molar-refractivity contribution in [1.29, 1.82) is 0 Å². The van der Waals surface area contributed by atoms with Gasteiger partial charge >= 0.3 is 0 Å². The first-order valence-corrected chi connectivity index (χ1v) is 6.26. The zero-order valence-electron chi connectivity index (χ0n) is 11.4. The lowest BCUT2D eigenvalue weighted by atomic mass is 10.0. The Morgan fingerprint density at radius 3 is 2.68 bits per heavy atom. The molecule has 0 aliphatic heterocycles. The molecule has 3 nitrogen and oxygen atoms in total. The van der Waals surface area contributed by atoms with Crippen molar-refractivity contribution in [1.82, 2.24) is 5.32 Å². The molecule has 0 heterocycles. The number of hydrogen-bond acceptors (Lipinski definition) is 2. The van der Waals surface area contributed by atoms with Crippen LogP contribution in [0.3, 0.4) is 0 Å². The van der Waals surface area contributed by atoms with E-state index in [2.05, 4.69) is 5.32 Å². The first-order chi connectivity index (χ1) is 8.49. The van der Waals surface area contributed by atoms with Crippen molar-refractivity contribution in [3.05, 3.63) is 35.6 Å². The Morgan fingerprint density at radius 2 is 2.11 bits per heavy atom. The van der Waals surface area contributed by atoms with Gasteiger partial charge in [0, 0.05) is 18.5 Å². The maximum Gasteiger partial charge on any atom is 0.223 e. The van der Waals surface area contributed by atoms with Gasteiger partial charge in [0.25, 0.3) is 0 Å². The molecule has 0 aliphatic rings. The van der Waals surface area contributed by atoms with E-state index in [9.17, 15) is 9.18 Å². The van der Waals surface area contributed by atoms with E-state index >= 15 is 0 Å². The second-order valence-electron chi connectivity index (χ2n) is 4.79. The van der Waals surface area contributed by atoms with Crippen LogP contribution < -0.4 is 11.1 Å². The van der Waals surface area contributed by atoms with Gasteiger partial charge in [0.2, 0.25) is 5.91 Å². The van der Waals surface area contributed by atoms with Crippen LogP contribution in [0.15, 0.2) is 24.3 Å². The minimum absolute atomic E-state index is 0. The number of rotatable bonds is 6. The number of carbonyl (C=O) groups excluding carboxylic acids is 1. The summed E-state index contributed by atoms with van der Waals surface area (Å²) in [6.07, 6.45) is 1.31. The van der Waals surface area contributed by atoms with Crippen molar-refractivity contribution in [3.63, 3.8) is 0 Å². The molecule has 0 bridgehead atoms. The van der Waals surface area contributed by atoms with Crippen LogP contribution in [0.4, 0.5) is 4.39 Å². The van der Waals surface area contributed by atoms with Crippen LogP contribution in [-0.2, 0) is 11.2 Å². The van der Waals surface area contributed by atoms with Crippen LogP contribution in [0, 0.1) is 11.7 Å². The van der Waals surface area contributed by atoms with Crippen molar-refractivity contribution >= 4 is 18.3 Å². The predicted molar refractivity (Wildman–Crippen MR) is 77.8 cm³/mol.